The van der Waals surface area contributed by atoms with Gasteiger partial charge < -0.3 is 15.7 Å². The van der Waals surface area contributed by atoms with Crippen molar-refractivity contribution in [3.05, 3.63) is 53.6 Å². The number of benzene rings is 2. The largest absolute Gasteiger partial charge is 0.508 e. The van der Waals surface area contributed by atoms with Crippen molar-refractivity contribution >= 4 is 23.2 Å². The Morgan fingerprint density at radius 2 is 1.67 bits per heavy atom. The van der Waals surface area contributed by atoms with Crippen LogP contribution in [0.15, 0.2) is 42.5 Å². The van der Waals surface area contributed by atoms with Crippen LogP contribution in [-0.4, -0.2) is 16.9 Å². The smallest absolute Gasteiger partial charge is 0.416 e. The summed E-state index contributed by atoms with van der Waals surface area (Å²) < 4.78 is 37.8. The summed E-state index contributed by atoms with van der Waals surface area (Å²) >= 11 is 0. The first-order valence-electron chi connectivity index (χ1n) is 6.76. The summed E-state index contributed by atoms with van der Waals surface area (Å²) in [5, 5.41) is 13.7. The van der Waals surface area contributed by atoms with Crippen LogP contribution < -0.4 is 10.6 Å². The Bertz CT molecular complexity index is 788. The topological polar surface area (TPSA) is 78.4 Å². The van der Waals surface area contributed by atoms with Crippen molar-refractivity contribution in [2.75, 3.05) is 10.6 Å². The number of hydrogen-bond donors (Lipinski definition) is 3. The van der Waals surface area contributed by atoms with E-state index < -0.39 is 23.6 Å². The third-order valence-electron chi connectivity index (χ3n) is 3.11. The van der Waals surface area contributed by atoms with Gasteiger partial charge in [0, 0.05) is 11.4 Å². The number of aryl methyl sites for hydroxylation is 1. The lowest BCUT2D eigenvalue weighted by Crippen LogP contribution is -2.29. The number of halogens is 3. The zero-order chi connectivity index (χ0) is 17.9. The Kier molecular flexibility index (Phi) is 4.77. The van der Waals surface area contributed by atoms with Crippen molar-refractivity contribution in [3.8, 4) is 5.75 Å². The molecule has 5 nitrogen and oxygen atoms in total. The van der Waals surface area contributed by atoms with Crippen molar-refractivity contribution in [1.82, 2.24) is 0 Å². The maximum absolute atomic E-state index is 12.6. The minimum absolute atomic E-state index is 0.00100. The highest BCUT2D eigenvalue weighted by Gasteiger charge is 2.30. The summed E-state index contributed by atoms with van der Waals surface area (Å²) in [5.74, 6) is -2.15. The molecule has 0 bridgehead atoms. The monoisotopic (exact) mass is 338 g/mol. The minimum Gasteiger partial charge on any atom is -0.508 e. The Morgan fingerprint density at radius 1 is 1.00 bits per heavy atom. The fourth-order valence-corrected chi connectivity index (χ4v) is 1.93. The van der Waals surface area contributed by atoms with Crippen LogP contribution in [0.5, 0.6) is 5.75 Å². The van der Waals surface area contributed by atoms with Gasteiger partial charge in [0.05, 0.1) is 5.56 Å². The number of anilines is 2. The predicted octanol–water partition coefficient (Wildman–Crippen LogP) is 3.30. The first kappa shape index (κ1) is 17.3. The van der Waals surface area contributed by atoms with Crippen molar-refractivity contribution in [3.63, 3.8) is 0 Å². The van der Waals surface area contributed by atoms with E-state index in [1.807, 2.05) is 0 Å². The number of phenols is 1. The molecule has 0 spiro atoms. The number of amides is 2. The Balaban J connectivity index is 2.08. The number of hydrogen-bond acceptors (Lipinski definition) is 3. The fourth-order valence-electron chi connectivity index (χ4n) is 1.93. The van der Waals surface area contributed by atoms with E-state index >= 15 is 0 Å². The first-order chi connectivity index (χ1) is 11.2. The van der Waals surface area contributed by atoms with Crippen LogP contribution >= 0.6 is 0 Å². The molecule has 2 aromatic rings. The van der Waals surface area contributed by atoms with Gasteiger partial charge in [0.2, 0.25) is 0 Å². The molecule has 126 valence electrons. The van der Waals surface area contributed by atoms with Gasteiger partial charge in [-0.15, -0.1) is 0 Å². The second-order valence-electron chi connectivity index (χ2n) is 4.99. The van der Waals surface area contributed by atoms with Gasteiger partial charge in [-0.3, -0.25) is 9.59 Å². The van der Waals surface area contributed by atoms with Gasteiger partial charge >= 0.3 is 18.0 Å². The zero-order valence-electron chi connectivity index (χ0n) is 12.4. The number of carbonyl (C=O) groups excluding carboxylic acids is 2. The van der Waals surface area contributed by atoms with E-state index in [2.05, 4.69) is 10.6 Å². The molecular formula is C16H13F3N2O3. The Morgan fingerprint density at radius 3 is 2.29 bits per heavy atom. The molecule has 0 aliphatic rings. The third-order valence-corrected chi connectivity index (χ3v) is 3.11. The van der Waals surface area contributed by atoms with Gasteiger partial charge in [-0.1, -0.05) is 6.07 Å². The second kappa shape index (κ2) is 6.61. The average molecular weight is 338 g/mol. The lowest BCUT2D eigenvalue weighted by Gasteiger charge is -2.11. The van der Waals surface area contributed by atoms with E-state index in [4.69, 9.17) is 0 Å². The summed E-state index contributed by atoms with van der Waals surface area (Å²) in [6, 6.07) is 8.08. The number of carbonyl (C=O) groups is 2. The van der Waals surface area contributed by atoms with Crippen LogP contribution in [0.1, 0.15) is 11.1 Å². The summed E-state index contributed by atoms with van der Waals surface area (Å²) in [7, 11) is 0. The molecular weight excluding hydrogens is 325 g/mol. The lowest BCUT2D eigenvalue weighted by molar-refractivity contribution is -0.137. The quantitative estimate of drug-likeness (QED) is 0.581. The molecule has 0 atom stereocenters. The van der Waals surface area contributed by atoms with E-state index in [-0.39, 0.29) is 11.4 Å². The van der Waals surface area contributed by atoms with Gasteiger partial charge in [-0.2, -0.15) is 13.2 Å². The van der Waals surface area contributed by atoms with E-state index in [1.165, 1.54) is 24.3 Å². The number of alkyl halides is 3. The molecule has 2 aromatic carbocycles. The SMILES string of the molecule is Cc1cc(O)ccc1NC(=O)C(=O)Nc1cccc(C(F)(F)F)c1. The summed E-state index contributed by atoms with van der Waals surface area (Å²) in [5.41, 5.74) is -0.255. The van der Waals surface area contributed by atoms with Crippen LogP contribution in [0, 0.1) is 6.92 Å². The van der Waals surface area contributed by atoms with Gasteiger partial charge in [-0.25, -0.2) is 0 Å². The highest BCUT2D eigenvalue weighted by Crippen LogP contribution is 2.30. The molecule has 0 fully saturated rings. The van der Waals surface area contributed by atoms with Crippen LogP contribution in [0.2, 0.25) is 0 Å². The molecule has 24 heavy (non-hydrogen) atoms. The van der Waals surface area contributed by atoms with Crippen LogP contribution in [0.25, 0.3) is 0 Å². The van der Waals surface area contributed by atoms with Crippen molar-refractivity contribution in [1.29, 1.82) is 0 Å². The maximum atomic E-state index is 12.6. The molecule has 0 radical (unpaired) electrons. The Hall–Kier alpha value is -3.03. The van der Waals surface area contributed by atoms with Crippen molar-refractivity contribution in [2.45, 2.75) is 13.1 Å². The molecule has 0 saturated carbocycles. The summed E-state index contributed by atoms with van der Waals surface area (Å²) in [4.78, 5) is 23.6. The molecule has 0 aliphatic heterocycles. The van der Waals surface area contributed by atoms with Crippen molar-refractivity contribution < 1.29 is 27.9 Å². The first-order valence-corrected chi connectivity index (χ1v) is 6.76. The lowest BCUT2D eigenvalue weighted by atomic mass is 10.2. The highest BCUT2D eigenvalue weighted by atomic mass is 19.4. The predicted molar refractivity (Wildman–Crippen MR) is 81.5 cm³/mol. The van der Waals surface area contributed by atoms with Gasteiger partial charge in [-0.05, 0) is 48.9 Å². The standard InChI is InChI=1S/C16H13F3N2O3/c1-9-7-12(22)5-6-13(9)21-15(24)14(23)20-11-4-2-3-10(8-11)16(17,18)19/h2-8,22H,1H3,(H,20,23)(H,21,24). The number of phenolic OH excluding ortho intramolecular Hbond substituents is 1. The maximum Gasteiger partial charge on any atom is 0.416 e. The van der Waals surface area contributed by atoms with Crippen molar-refractivity contribution in [2.24, 2.45) is 0 Å². The van der Waals surface area contributed by atoms with Crippen LogP contribution in [-0.2, 0) is 15.8 Å². The molecule has 2 rings (SSSR count). The third kappa shape index (κ3) is 4.25. The fraction of sp³-hybridized carbons (Fsp3) is 0.125. The second-order valence-corrected chi connectivity index (χ2v) is 4.99. The summed E-state index contributed by atoms with van der Waals surface area (Å²) in [6.45, 7) is 1.61. The van der Waals surface area contributed by atoms with E-state index in [0.29, 0.717) is 11.3 Å². The molecule has 3 N–H and O–H groups in total. The van der Waals surface area contributed by atoms with Gasteiger partial charge in [0.1, 0.15) is 5.75 Å². The molecule has 0 unspecified atom stereocenters. The van der Waals surface area contributed by atoms with Gasteiger partial charge in [0.25, 0.3) is 0 Å². The van der Waals surface area contributed by atoms with Crippen LogP contribution in [0.4, 0.5) is 24.5 Å². The highest BCUT2D eigenvalue weighted by molar-refractivity contribution is 6.43. The molecule has 0 aromatic heterocycles. The minimum atomic E-state index is -4.55. The number of rotatable bonds is 2. The zero-order valence-corrected chi connectivity index (χ0v) is 12.4. The summed E-state index contributed by atoms with van der Waals surface area (Å²) in [6.07, 6.45) is -4.55. The Labute approximate surface area is 135 Å². The van der Waals surface area contributed by atoms with E-state index in [9.17, 15) is 27.9 Å². The van der Waals surface area contributed by atoms with E-state index in [1.54, 1.807) is 6.92 Å². The normalized spacial score (nSPS) is 11.0. The van der Waals surface area contributed by atoms with E-state index in [0.717, 1.165) is 18.2 Å². The molecule has 8 heteroatoms. The number of nitrogens with one attached hydrogen (secondary N) is 2. The number of aromatic hydroxyl groups is 1. The van der Waals surface area contributed by atoms with Crippen LogP contribution in [0.3, 0.4) is 0 Å². The average Bonchev–Trinajstić information content (AvgIpc) is 2.49. The molecule has 0 aliphatic carbocycles. The van der Waals surface area contributed by atoms with Gasteiger partial charge in [0.15, 0.2) is 0 Å². The molecule has 0 saturated heterocycles. The molecule has 2 amide bonds. The molecule has 0 heterocycles.